The quantitative estimate of drug-likeness (QED) is 0.852. The van der Waals surface area contributed by atoms with E-state index in [1.54, 1.807) is 14.1 Å². The predicted molar refractivity (Wildman–Crippen MR) is 73.2 cm³/mol. The molecule has 0 spiro atoms. The number of piperidine rings is 1. The largest absolute Gasteiger partial charge is 0.317 e. The molecule has 1 aromatic heterocycles. The van der Waals surface area contributed by atoms with Gasteiger partial charge in [-0.05, 0) is 38.3 Å². The molecule has 1 N–H and O–H groups in total. The van der Waals surface area contributed by atoms with Crippen molar-refractivity contribution in [3.05, 3.63) is 12.4 Å². The minimum Gasteiger partial charge on any atom is -0.317 e. The summed E-state index contributed by atoms with van der Waals surface area (Å²) in [7, 11) is -0.0260. The highest BCUT2D eigenvalue weighted by atomic mass is 32.2. The normalized spacial score (nSPS) is 18.1. The van der Waals surface area contributed by atoms with Gasteiger partial charge in [0.25, 0.3) is 0 Å². The highest BCUT2D eigenvalue weighted by Crippen LogP contribution is 2.19. The third kappa shape index (κ3) is 3.55. The summed E-state index contributed by atoms with van der Waals surface area (Å²) < 4.78 is 27.5. The summed E-state index contributed by atoms with van der Waals surface area (Å²) in [6, 6.07) is 0. The van der Waals surface area contributed by atoms with Crippen LogP contribution in [0.4, 0.5) is 0 Å². The Morgan fingerprint density at radius 1 is 1.47 bits per heavy atom. The van der Waals surface area contributed by atoms with Gasteiger partial charge in [-0.3, -0.25) is 4.68 Å². The number of nitrogens with one attached hydrogen (secondary N) is 1. The van der Waals surface area contributed by atoms with Gasteiger partial charge in [-0.15, -0.1) is 0 Å². The van der Waals surface area contributed by atoms with Gasteiger partial charge in [0.1, 0.15) is 4.90 Å². The van der Waals surface area contributed by atoms with E-state index < -0.39 is 10.0 Å². The topological polar surface area (TPSA) is 67.2 Å². The van der Waals surface area contributed by atoms with Crippen LogP contribution in [0.2, 0.25) is 0 Å². The molecule has 1 aliphatic rings. The Labute approximate surface area is 114 Å². The standard InChI is InChI=1S/C12H22N4O2S/c1-15-10-12(9-14-15)19(17,18)16(2)8-5-11-3-6-13-7-4-11/h9-11,13H,3-8H2,1-2H3. The summed E-state index contributed by atoms with van der Waals surface area (Å²) in [6.07, 6.45) is 6.14. The molecule has 0 atom stereocenters. The van der Waals surface area contributed by atoms with Crippen LogP contribution in [0, 0.1) is 5.92 Å². The molecule has 0 aromatic carbocycles. The van der Waals surface area contributed by atoms with E-state index in [-0.39, 0.29) is 4.90 Å². The van der Waals surface area contributed by atoms with Gasteiger partial charge in [0.05, 0.1) is 6.20 Å². The summed E-state index contributed by atoms with van der Waals surface area (Å²) in [4.78, 5) is 0.266. The van der Waals surface area contributed by atoms with E-state index >= 15 is 0 Å². The molecule has 0 amide bonds. The molecule has 108 valence electrons. The minimum atomic E-state index is -3.38. The molecule has 0 saturated carbocycles. The number of rotatable bonds is 5. The minimum absolute atomic E-state index is 0.266. The lowest BCUT2D eigenvalue weighted by atomic mass is 9.95. The Morgan fingerprint density at radius 2 is 2.16 bits per heavy atom. The lowest BCUT2D eigenvalue weighted by molar-refractivity contribution is 0.326. The van der Waals surface area contributed by atoms with E-state index in [4.69, 9.17) is 0 Å². The fourth-order valence-electron chi connectivity index (χ4n) is 2.37. The number of aromatic nitrogens is 2. The van der Waals surface area contributed by atoms with E-state index in [1.807, 2.05) is 0 Å². The molecule has 19 heavy (non-hydrogen) atoms. The van der Waals surface area contributed by atoms with Crippen LogP contribution in [0.15, 0.2) is 17.3 Å². The zero-order chi connectivity index (χ0) is 13.9. The van der Waals surface area contributed by atoms with E-state index in [0.29, 0.717) is 12.5 Å². The van der Waals surface area contributed by atoms with Crippen LogP contribution >= 0.6 is 0 Å². The van der Waals surface area contributed by atoms with Crippen molar-refractivity contribution in [2.75, 3.05) is 26.7 Å². The molecule has 1 saturated heterocycles. The Hall–Kier alpha value is -0.920. The van der Waals surface area contributed by atoms with Crippen LogP contribution in [0.25, 0.3) is 0 Å². The maximum absolute atomic E-state index is 12.3. The first kappa shape index (κ1) is 14.5. The molecule has 0 aliphatic carbocycles. The Morgan fingerprint density at radius 3 is 2.74 bits per heavy atom. The fourth-order valence-corrected chi connectivity index (χ4v) is 3.54. The number of hydrogen-bond acceptors (Lipinski definition) is 4. The van der Waals surface area contributed by atoms with Crippen molar-refractivity contribution < 1.29 is 8.42 Å². The summed E-state index contributed by atoms with van der Waals surface area (Å²) >= 11 is 0. The van der Waals surface area contributed by atoms with Gasteiger partial charge >= 0.3 is 0 Å². The van der Waals surface area contributed by atoms with Crippen molar-refractivity contribution in [2.24, 2.45) is 13.0 Å². The summed E-state index contributed by atoms with van der Waals surface area (Å²) in [6.45, 7) is 2.66. The lowest BCUT2D eigenvalue weighted by Crippen LogP contribution is -2.32. The van der Waals surface area contributed by atoms with Crippen LogP contribution in [0.5, 0.6) is 0 Å². The van der Waals surface area contributed by atoms with Crippen LogP contribution in [-0.4, -0.2) is 49.2 Å². The van der Waals surface area contributed by atoms with Crippen LogP contribution in [0.1, 0.15) is 19.3 Å². The fraction of sp³-hybridized carbons (Fsp3) is 0.750. The zero-order valence-electron chi connectivity index (χ0n) is 11.5. The molecule has 2 heterocycles. The first-order chi connectivity index (χ1) is 9.00. The summed E-state index contributed by atoms with van der Waals surface area (Å²) in [5.41, 5.74) is 0. The molecular formula is C12H22N4O2S. The molecule has 6 nitrogen and oxygen atoms in total. The Balaban J connectivity index is 1.93. The van der Waals surface area contributed by atoms with Crippen molar-refractivity contribution in [3.8, 4) is 0 Å². The van der Waals surface area contributed by atoms with Crippen molar-refractivity contribution in [1.82, 2.24) is 19.4 Å². The second kappa shape index (κ2) is 6.02. The number of sulfonamides is 1. The van der Waals surface area contributed by atoms with Gasteiger partial charge in [0.2, 0.25) is 10.0 Å². The maximum Gasteiger partial charge on any atom is 0.245 e. The van der Waals surface area contributed by atoms with Crippen LogP contribution < -0.4 is 5.32 Å². The third-order valence-corrected chi connectivity index (χ3v) is 5.51. The monoisotopic (exact) mass is 286 g/mol. The number of hydrogen-bond donors (Lipinski definition) is 1. The molecule has 1 aromatic rings. The van der Waals surface area contributed by atoms with Crippen molar-refractivity contribution >= 4 is 10.0 Å². The molecule has 0 bridgehead atoms. The highest BCUT2D eigenvalue weighted by Gasteiger charge is 2.23. The average molecular weight is 286 g/mol. The zero-order valence-corrected chi connectivity index (χ0v) is 12.4. The van der Waals surface area contributed by atoms with E-state index in [1.165, 1.54) is 21.4 Å². The van der Waals surface area contributed by atoms with Crippen LogP contribution in [0.3, 0.4) is 0 Å². The second-order valence-electron chi connectivity index (χ2n) is 5.16. The smallest absolute Gasteiger partial charge is 0.245 e. The van der Waals surface area contributed by atoms with Gasteiger partial charge in [-0.2, -0.15) is 5.10 Å². The van der Waals surface area contributed by atoms with Gasteiger partial charge in [0, 0.05) is 26.8 Å². The first-order valence-corrected chi connectivity index (χ1v) is 8.10. The van der Waals surface area contributed by atoms with E-state index in [9.17, 15) is 8.42 Å². The van der Waals surface area contributed by atoms with Gasteiger partial charge in [-0.1, -0.05) is 0 Å². The lowest BCUT2D eigenvalue weighted by Gasteiger charge is -2.24. The molecule has 7 heteroatoms. The molecule has 1 aliphatic heterocycles. The summed E-state index contributed by atoms with van der Waals surface area (Å²) in [5.74, 6) is 0.632. The Kier molecular flexibility index (Phi) is 4.59. The molecule has 2 rings (SSSR count). The molecule has 1 fully saturated rings. The first-order valence-electron chi connectivity index (χ1n) is 6.66. The predicted octanol–water partition coefficient (Wildman–Crippen LogP) is 0.430. The molecular weight excluding hydrogens is 264 g/mol. The van der Waals surface area contributed by atoms with Gasteiger partial charge in [0.15, 0.2) is 0 Å². The number of nitrogens with zero attached hydrogens (tertiary/aromatic N) is 3. The SMILES string of the molecule is CN(CCC1CCNCC1)S(=O)(=O)c1cnn(C)c1. The highest BCUT2D eigenvalue weighted by molar-refractivity contribution is 7.89. The van der Waals surface area contributed by atoms with E-state index in [2.05, 4.69) is 10.4 Å². The van der Waals surface area contributed by atoms with Gasteiger partial charge in [-0.25, -0.2) is 12.7 Å². The van der Waals surface area contributed by atoms with Crippen molar-refractivity contribution in [2.45, 2.75) is 24.2 Å². The van der Waals surface area contributed by atoms with E-state index in [0.717, 1.165) is 32.4 Å². The van der Waals surface area contributed by atoms with Crippen molar-refractivity contribution in [1.29, 1.82) is 0 Å². The number of aryl methyl sites for hydroxylation is 1. The summed E-state index contributed by atoms with van der Waals surface area (Å²) in [5, 5.41) is 7.24. The second-order valence-corrected chi connectivity index (χ2v) is 7.20. The van der Waals surface area contributed by atoms with Crippen LogP contribution in [-0.2, 0) is 17.1 Å². The van der Waals surface area contributed by atoms with Gasteiger partial charge < -0.3 is 5.32 Å². The van der Waals surface area contributed by atoms with Crippen molar-refractivity contribution in [3.63, 3.8) is 0 Å². The average Bonchev–Trinajstić information content (AvgIpc) is 2.84. The molecule has 0 unspecified atom stereocenters. The molecule has 0 radical (unpaired) electrons. The third-order valence-electron chi connectivity index (χ3n) is 3.70. The maximum atomic E-state index is 12.3. The Bertz CT molecular complexity index is 506.